The van der Waals surface area contributed by atoms with E-state index < -0.39 is 5.97 Å². The predicted octanol–water partition coefficient (Wildman–Crippen LogP) is 5.86. The molecule has 0 radical (unpaired) electrons. The van der Waals surface area contributed by atoms with Crippen LogP contribution in [0.15, 0.2) is 78.9 Å². The summed E-state index contributed by atoms with van der Waals surface area (Å²) in [5.41, 5.74) is 6.12. The van der Waals surface area contributed by atoms with Crippen LogP contribution >= 0.6 is 0 Å². The fourth-order valence-corrected chi connectivity index (χ4v) is 4.66. The Morgan fingerprint density at radius 2 is 1.67 bits per heavy atom. The zero-order valence-electron chi connectivity index (χ0n) is 18.6. The number of hydrogen-bond acceptors (Lipinski definition) is 4. The molecule has 0 spiro atoms. The molecule has 0 unspecified atom stereocenters. The van der Waals surface area contributed by atoms with E-state index in [1.165, 1.54) is 5.56 Å². The van der Waals surface area contributed by atoms with E-state index in [0.29, 0.717) is 17.0 Å². The highest BCUT2D eigenvalue weighted by atomic mass is 16.5. The molecule has 164 valence electrons. The summed E-state index contributed by atoms with van der Waals surface area (Å²) in [7, 11) is 0. The summed E-state index contributed by atoms with van der Waals surface area (Å²) in [5.74, 6) is -0.348. The van der Waals surface area contributed by atoms with Crippen molar-refractivity contribution >= 4 is 22.7 Å². The van der Waals surface area contributed by atoms with E-state index in [1.807, 2.05) is 49.4 Å². The maximum atomic E-state index is 13.4. The first-order valence-corrected chi connectivity index (χ1v) is 11.3. The number of pyridine rings is 1. The Morgan fingerprint density at radius 3 is 2.45 bits per heavy atom. The second-order valence-electron chi connectivity index (χ2n) is 8.64. The monoisotopic (exact) mass is 435 g/mol. The highest BCUT2D eigenvalue weighted by molar-refractivity contribution is 6.06. The quantitative estimate of drug-likeness (QED) is 0.291. The zero-order valence-corrected chi connectivity index (χ0v) is 18.6. The van der Waals surface area contributed by atoms with Crippen molar-refractivity contribution in [2.45, 2.75) is 32.1 Å². The van der Waals surface area contributed by atoms with Crippen LogP contribution in [0.5, 0.6) is 0 Å². The van der Waals surface area contributed by atoms with E-state index >= 15 is 0 Å². The number of aromatic nitrogens is 1. The lowest BCUT2D eigenvalue weighted by atomic mass is 9.80. The smallest absolute Gasteiger partial charge is 0.339 e. The molecule has 33 heavy (non-hydrogen) atoms. The van der Waals surface area contributed by atoms with Crippen molar-refractivity contribution in [2.75, 3.05) is 6.61 Å². The van der Waals surface area contributed by atoms with E-state index in [0.717, 1.165) is 47.0 Å². The number of esters is 1. The normalized spacial score (nSPS) is 15.1. The number of ether oxygens (including phenoxy) is 1. The van der Waals surface area contributed by atoms with Gasteiger partial charge in [0.15, 0.2) is 12.4 Å². The molecule has 5 rings (SSSR count). The van der Waals surface area contributed by atoms with Gasteiger partial charge in [0.1, 0.15) is 0 Å². The maximum absolute atomic E-state index is 13.4. The van der Waals surface area contributed by atoms with Gasteiger partial charge in [0.05, 0.1) is 11.1 Å². The lowest BCUT2D eigenvalue weighted by Crippen LogP contribution is -2.21. The maximum Gasteiger partial charge on any atom is 0.339 e. The molecule has 0 aliphatic heterocycles. The number of benzene rings is 3. The minimum absolute atomic E-state index is 0.210. The van der Waals surface area contributed by atoms with Crippen molar-refractivity contribution in [2.24, 2.45) is 0 Å². The Balaban J connectivity index is 1.47. The summed E-state index contributed by atoms with van der Waals surface area (Å²) in [4.78, 5) is 30.8. The predicted molar refractivity (Wildman–Crippen MR) is 129 cm³/mol. The number of para-hydroxylation sites is 1. The molecule has 0 bridgehead atoms. The topological polar surface area (TPSA) is 56.3 Å². The zero-order chi connectivity index (χ0) is 22.8. The number of nitrogens with zero attached hydrogens (tertiary/aromatic N) is 1. The number of rotatable bonds is 5. The van der Waals surface area contributed by atoms with Gasteiger partial charge < -0.3 is 4.74 Å². The third-order valence-electron chi connectivity index (χ3n) is 6.44. The summed E-state index contributed by atoms with van der Waals surface area (Å²) >= 11 is 0. The van der Waals surface area contributed by atoms with Gasteiger partial charge in [-0.2, -0.15) is 0 Å². The molecule has 1 heterocycles. The summed E-state index contributed by atoms with van der Waals surface area (Å²) in [6.07, 6.45) is 2.53. The van der Waals surface area contributed by atoms with Gasteiger partial charge in [-0.15, -0.1) is 0 Å². The molecule has 1 atom stereocenters. The Bertz CT molecular complexity index is 1330. The fraction of sp³-hybridized carbons (Fsp3) is 0.207. The van der Waals surface area contributed by atoms with Gasteiger partial charge in [-0.1, -0.05) is 78.4 Å². The Labute approximate surface area is 193 Å². The van der Waals surface area contributed by atoms with Crippen molar-refractivity contribution < 1.29 is 14.3 Å². The van der Waals surface area contributed by atoms with Crippen LogP contribution in [0.1, 0.15) is 55.4 Å². The van der Waals surface area contributed by atoms with Gasteiger partial charge in [0.25, 0.3) is 0 Å². The number of hydrogen-bond donors (Lipinski definition) is 0. The lowest BCUT2D eigenvalue weighted by molar-refractivity contribution is 0.0475. The molecule has 1 aliphatic carbocycles. The number of carbonyl (C=O) groups excluding carboxylic acids is 2. The standard InChI is InChI=1S/C29H25NO3/c1-19-11-13-21(14-12-19)27(31)18-33-29(32)28-23-9-5-6-10-25(23)30-26-16-15-22(17-24(26)28)20-7-3-2-4-8-20/h2-14,22H,15-18H2,1H3/t22-/m1/s1. The minimum Gasteiger partial charge on any atom is -0.454 e. The van der Waals surface area contributed by atoms with Gasteiger partial charge in [0.2, 0.25) is 0 Å². The number of Topliss-reactive ketones (excluding diaryl/α,β-unsaturated/α-hetero) is 1. The van der Waals surface area contributed by atoms with Crippen LogP contribution in [0.4, 0.5) is 0 Å². The molecule has 3 aromatic carbocycles. The molecule has 0 saturated heterocycles. The molecule has 0 fully saturated rings. The molecular formula is C29H25NO3. The van der Waals surface area contributed by atoms with Crippen molar-refractivity contribution in [1.29, 1.82) is 0 Å². The van der Waals surface area contributed by atoms with Gasteiger partial charge in [-0.05, 0) is 49.3 Å². The molecule has 0 amide bonds. The van der Waals surface area contributed by atoms with Gasteiger partial charge >= 0.3 is 5.97 Å². The Morgan fingerprint density at radius 1 is 0.939 bits per heavy atom. The minimum atomic E-state index is -0.459. The third-order valence-corrected chi connectivity index (χ3v) is 6.44. The second kappa shape index (κ2) is 8.99. The van der Waals surface area contributed by atoms with Crippen molar-refractivity contribution in [1.82, 2.24) is 4.98 Å². The molecule has 0 saturated carbocycles. The van der Waals surface area contributed by atoms with E-state index in [4.69, 9.17) is 9.72 Å². The van der Waals surface area contributed by atoms with E-state index in [9.17, 15) is 9.59 Å². The Kier molecular flexibility index (Phi) is 5.74. The molecule has 4 heteroatoms. The number of fused-ring (bicyclic) bond motifs is 2. The largest absolute Gasteiger partial charge is 0.454 e. The summed E-state index contributed by atoms with van der Waals surface area (Å²) in [6, 6.07) is 25.4. The first kappa shape index (κ1) is 21.1. The molecule has 4 nitrogen and oxygen atoms in total. The highest BCUT2D eigenvalue weighted by Gasteiger charge is 2.28. The van der Waals surface area contributed by atoms with E-state index in [2.05, 4.69) is 24.3 Å². The molecule has 4 aromatic rings. The van der Waals surface area contributed by atoms with E-state index in [-0.39, 0.29) is 12.4 Å². The molecule has 0 N–H and O–H groups in total. The summed E-state index contributed by atoms with van der Waals surface area (Å²) in [6.45, 7) is 1.68. The number of ketones is 1. The van der Waals surface area contributed by atoms with Crippen LogP contribution in [0, 0.1) is 6.92 Å². The first-order chi connectivity index (χ1) is 16.1. The van der Waals surface area contributed by atoms with Gasteiger partial charge in [-0.3, -0.25) is 9.78 Å². The van der Waals surface area contributed by atoms with Crippen molar-refractivity contribution in [3.63, 3.8) is 0 Å². The van der Waals surface area contributed by atoms with Crippen LogP contribution in [0.3, 0.4) is 0 Å². The van der Waals surface area contributed by atoms with E-state index in [1.54, 1.807) is 12.1 Å². The number of aryl methyl sites for hydroxylation is 2. The van der Waals surface area contributed by atoms with Crippen LogP contribution in [0.25, 0.3) is 10.9 Å². The van der Waals surface area contributed by atoms with Crippen LogP contribution < -0.4 is 0 Å². The first-order valence-electron chi connectivity index (χ1n) is 11.3. The molecular weight excluding hydrogens is 410 g/mol. The van der Waals surface area contributed by atoms with Crippen LogP contribution in [-0.4, -0.2) is 23.3 Å². The average molecular weight is 436 g/mol. The SMILES string of the molecule is Cc1ccc(C(=O)COC(=O)c2c3c(nc4ccccc24)CC[C@@H](c2ccccc2)C3)cc1. The lowest BCUT2D eigenvalue weighted by Gasteiger charge is -2.26. The average Bonchev–Trinajstić information content (AvgIpc) is 2.86. The summed E-state index contributed by atoms with van der Waals surface area (Å²) < 4.78 is 5.57. The van der Waals surface area contributed by atoms with Crippen molar-refractivity contribution in [3.8, 4) is 0 Å². The second-order valence-corrected chi connectivity index (χ2v) is 8.64. The molecule has 1 aromatic heterocycles. The third kappa shape index (κ3) is 4.29. The fourth-order valence-electron chi connectivity index (χ4n) is 4.66. The van der Waals surface area contributed by atoms with Gasteiger partial charge in [0, 0.05) is 16.6 Å². The van der Waals surface area contributed by atoms with Crippen molar-refractivity contribution in [3.05, 3.63) is 112 Å². The van der Waals surface area contributed by atoms with Crippen LogP contribution in [0.2, 0.25) is 0 Å². The van der Waals surface area contributed by atoms with Gasteiger partial charge in [-0.25, -0.2) is 4.79 Å². The van der Waals surface area contributed by atoms with Crippen LogP contribution in [-0.2, 0) is 17.6 Å². The Hall–Kier alpha value is -3.79. The summed E-state index contributed by atoms with van der Waals surface area (Å²) in [5, 5.41) is 0.776. The highest BCUT2D eigenvalue weighted by Crippen LogP contribution is 2.36. The number of carbonyl (C=O) groups is 2. The molecule has 1 aliphatic rings.